The molecule has 34 heavy (non-hydrogen) atoms. The lowest BCUT2D eigenvalue weighted by Crippen LogP contribution is -2.24. The first-order valence-corrected chi connectivity index (χ1v) is 14.0. The van der Waals surface area contributed by atoms with Crippen molar-refractivity contribution in [3.05, 3.63) is 60.2 Å². The third-order valence-corrected chi connectivity index (χ3v) is 7.38. The van der Waals surface area contributed by atoms with Gasteiger partial charge in [-0.3, -0.25) is 9.13 Å². The number of benzene rings is 3. The minimum Gasteiger partial charge on any atom is -0.399 e. The molecule has 0 aliphatic rings. The van der Waals surface area contributed by atoms with Crippen LogP contribution in [-0.4, -0.2) is 44.4 Å². The topological polar surface area (TPSA) is 165 Å². The Morgan fingerprint density at radius 2 is 1.38 bits per heavy atom. The number of nitrogens with zero attached hydrogens (tertiary/aromatic N) is 1. The van der Waals surface area contributed by atoms with Crippen LogP contribution in [0.3, 0.4) is 0 Å². The molecule has 0 atom stereocenters. The molecular weight excluding hydrogens is 478 g/mol. The SMILES string of the molecule is CCN(CCCCO)c1ccc(N)c(C)c1.O=P(O)(O)c1cccc2c(P(=O)(O)O)cccc12. The van der Waals surface area contributed by atoms with E-state index in [1.165, 1.54) is 42.1 Å². The molecule has 11 heteroatoms. The van der Waals surface area contributed by atoms with Crippen LogP contribution in [0.4, 0.5) is 11.4 Å². The summed E-state index contributed by atoms with van der Waals surface area (Å²) in [5, 5.41) is 8.58. The van der Waals surface area contributed by atoms with Gasteiger partial charge in [-0.05, 0) is 73.4 Å². The zero-order valence-electron chi connectivity index (χ0n) is 19.2. The summed E-state index contributed by atoms with van der Waals surface area (Å²) in [6.45, 7) is 6.42. The van der Waals surface area contributed by atoms with E-state index in [-0.39, 0.29) is 28.0 Å². The Kier molecular flexibility index (Phi) is 9.85. The molecule has 9 nitrogen and oxygen atoms in total. The Bertz CT molecular complexity index is 1150. The lowest BCUT2D eigenvalue weighted by atomic mass is 10.1. The molecule has 0 amide bonds. The Hall–Kier alpha value is -2.22. The molecule has 0 bridgehead atoms. The van der Waals surface area contributed by atoms with E-state index >= 15 is 0 Å². The van der Waals surface area contributed by atoms with Gasteiger partial charge in [-0.2, -0.15) is 0 Å². The average molecular weight is 510 g/mol. The van der Waals surface area contributed by atoms with Crippen molar-refractivity contribution in [2.24, 2.45) is 0 Å². The van der Waals surface area contributed by atoms with Crippen LogP contribution in [0.5, 0.6) is 0 Å². The predicted octanol–water partition coefficient (Wildman–Crippen LogP) is 2.62. The number of aliphatic hydroxyl groups excluding tert-OH is 1. The van der Waals surface area contributed by atoms with Gasteiger partial charge in [-0.15, -0.1) is 0 Å². The Morgan fingerprint density at radius 1 is 0.853 bits per heavy atom. The molecule has 3 rings (SSSR count). The molecule has 186 valence electrons. The Morgan fingerprint density at radius 3 is 1.79 bits per heavy atom. The van der Waals surface area contributed by atoms with Crippen LogP contribution in [0.15, 0.2) is 54.6 Å². The highest BCUT2D eigenvalue weighted by Crippen LogP contribution is 2.39. The lowest BCUT2D eigenvalue weighted by molar-refractivity contribution is 0.285. The number of aliphatic hydroxyl groups is 1. The molecule has 0 aliphatic carbocycles. The van der Waals surface area contributed by atoms with E-state index in [4.69, 9.17) is 10.8 Å². The molecule has 0 radical (unpaired) electrons. The largest absolute Gasteiger partial charge is 0.399 e. The van der Waals surface area contributed by atoms with Crippen molar-refractivity contribution in [2.45, 2.75) is 26.7 Å². The van der Waals surface area contributed by atoms with Crippen LogP contribution in [0.25, 0.3) is 10.8 Å². The number of hydrogen-bond acceptors (Lipinski definition) is 5. The molecule has 7 N–H and O–H groups in total. The molecular formula is C23H32N2O7P2. The van der Waals surface area contributed by atoms with Gasteiger partial charge in [0.1, 0.15) is 0 Å². The standard InChI is InChI=1S/C13H22N2O.C10H10O6P2/c1-3-15(8-4-5-9-16)12-6-7-13(14)11(2)10-12;11-17(12,13)9-5-1-3-7-8(9)4-2-6-10(7)18(14,15)16/h6-7,10,16H,3-5,8-9,14H2,1-2H3;1-6H,(H2,11,12,13)(H2,14,15,16). The van der Waals surface area contributed by atoms with E-state index < -0.39 is 15.2 Å². The Labute approximate surface area is 199 Å². The highest BCUT2D eigenvalue weighted by atomic mass is 31.2. The van der Waals surface area contributed by atoms with Crippen LogP contribution in [0, 0.1) is 6.92 Å². The number of fused-ring (bicyclic) bond motifs is 1. The number of anilines is 2. The van der Waals surface area contributed by atoms with Crippen LogP contribution < -0.4 is 21.2 Å². The second kappa shape index (κ2) is 12.0. The number of nitrogen functional groups attached to an aromatic ring is 1. The summed E-state index contributed by atoms with van der Waals surface area (Å²) < 4.78 is 22.6. The van der Waals surface area contributed by atoms with Gasteiger partial charge < -0.3 is 35.3 Å². The third-order valence-electron chi connectivity index (χ3n) is 5.34. The van der Waals surface area contributed by atoms with Gasteiger partial charge >= 0.3 is 15.2 Å². The molecule has 0 aromatic heterocycles. The highest BCUT2D eigenvalue weighted by Gasteiger charge is 2.24. The fraction of sp³-hybridized carbons (Fsp3) is 0.304. The van der Waals surface area contributed by atoms with Crippen molar-refractivity contribution < 1.29 is 33.8 Å². The van der Waals surface area contributed by atoms with E-state index in [2.05, 4.69) is 24.0 Å². The number of aryl methyl sites for hydroxylation is 1. The monoisotopic (exact) mass is 510 g/mol. The first-order chi connectivity index (χ1) is 15.9. The second-order valence-electron chi connectivity index (χ2n) is 7.79. The quantitative estimate of drug-likeness (QED) is 0.152. The van der Waals surface area contributed by atoms with E-state index in [0.717, 1.165) is 37.2 Å². The van der Waals surface area contributed by atoms with Crippen LogP contribution in [-0.2, 0) is 9.13 Å². The van der Waals surface area contributed by atoms with Crippen molar-refractivity contribution >= 4 is 47.9 Å². The normalized spacial score (nSPS) is 11.7. The van der Waals surface area contributed by atoms with E-state index in [1.54, 1.807) is 0 Å². The molecule has 0 heterocycles. The average Bonchev–Trinajstić information content (AvgIpc) is 2.77. The maximum absolute atomic E-state index is 11.3. The summed E-state index contributed by atoms with van der Waals surface area (Å²) in [4.78, 5) is 39.1. The zero-order chi connectivity index (χ0) is 25.5. The fourth-order valence-corrected chi connectivity index (χ4v) is 5.10. The van der Waals surface area contributed by atoms with Gasteiger partial charge in [-0.1, -0.05) is 24.3 Å². The number of unbranched alkanes of at least 4 members (excludes halogenated alkanes) is 1. The van der Waals surface area contributed by atoms with Crippen LogP contribution in [0.2, 0.25) is 0 Å². The van der Waals surface area contributed by atoms with E-state index in [9.17, 15) is 28.7 Å². The summed E-state index contributed by atoms with van der Waals surface area (Å²) in [5.41, 5.74) is 8.98. The van der Waals surface area contributed by atoms with Crippen molar-refractivity contribution in [2.75, 3.05) is 30.3 Å². The van der Waals surface area contributed by atoms with Crippen molar-refractivity contribution in [1.29, 1.82) is 0 Å². The lowest BCUT2D eigenvalue weighted by Gasteiger charge is -2.23. The number of nitrogens with two attached hydrogens (primary N) is 1. The zero-order valence-corrected chi connectivity index (χ0v) is 21.0. The van der Waals surface area contributed by atoms with Crippen molar-refractivity contribution in [3.63, 3.8) is 0 Å². The van der Waals surface area contributed by atoms with Gasteiger partial charge in [0.15, 0.2) is 0 Å². The Balaban J connectivity index is 0.000000242. The summed E-state index contributed by atoms with van der Waals surface area (Å²) in [6, 6.07) is 14.2. The smallest absolute Gasteiger partial charge is 0.356 e. The summed E-state index contributed by atoms with van der Waals surface area (Å²) in [6.07, 6.45) is 1.89. The first kappa shape index (κ1) is 28.0. The molecule has 0 saturated carbocycles. The van der Waals surface area contributed by atoms with Gasteiger partial charge in [0.25, 0.3) is 0 Å². The molecule has 0 fully saturated rings. The fourth-order valence-electron chi connectivity index (χ4n) is 3.53. The van der Waals surface area contributed by atoms with Crippen molar-refractivity contribution in [1.82, 2.24) is 0 Å². The maximum Gasteiger partial charge on any atom is 0.356 e. The molecule has 0 saturated heterocycles. The van der Waals surface area contributed by atoms with Gasteiger partial charge in [0.05, 0.1) is 10.6 Å². The third kappa shape index (κ3) is 7.39. The maximum atomic E-state index is 11.3. The minimum absolute atomic E-state index is 0.145. The summed E-state index contributed by atoms with van der Waals surface area (Å²) in [7, 11) is -8.98. The highest BCUT2D eigenvalue weighted by molar-refractivity contribution is 7.61. The second-order valence-corrected chi connectivity index (χ2v) is 10.9. The van der Waals surface area contributed by atoms with Gasteiger partial charge in [-0.25, -0.2) is 0 Å². The van der Waals surface area contributed by atoms with Gasteiger partial charge in [0.2, 0.25) is 0 Å². The molecule has 0 aliphatic heterocycles. The van der Waals surface area contributed by atoms with E-state index in [0.29, 0.717) is 0 Å². The molecule has 3 aromatic rings. The number of rotatable bonds is 8. The molecule has 3 aromatic carbocycles. The molecule has 0 unspecified atom stereocenters. The summed E-state index contributed by atoms with van der Waals surface area (Å²) >= 11 is 0. The summed E-state index contributed by atoms with van der Waals surface area (Å²) in [5.74, 6) is 0. The van der Waals surface area contributed by atoms with E-state index in [1.807, 2.05) is 13.0 Å². The predicted molar refractivity (Wildman–Crippen MR) is 137 cm³/mol. The molecule has 0 spiro atoms. The van der Waals surface area contributed by atoms with Gasteiger partial charge in [0, 0.05) is 31.1 Å². The first-order valence-electron chi connectivity index (χ1n) is 10.8. The van der Waals surface area contributed by atoms with Crippen LogP contribution >= 0.6 is 15.2 Å². The van der Waals surface area contributed by atoms with Crippen LogP contribution in [0.1, 0.15) is 25.3 Å². The number of hydrogen-bond donors (Lipinski definition) is 6. The van der Waals surface area contributed by atoms with Crippen molar-refractivity contribution in [3.8, 4) is 0 Å². The minimum atomic E-state index is -4.49.